The Kier molecular flexibility index (Phi) is 4.92. The van der Waals surface area contributed by atoms with E-state index in [0.717, 1.165) is 43.6 Å². The van der Waals surface area contributed by atoms with Crippen molar-refractivity contribution >= 4 is 0 Å². The summed E-state index contributed by atoms with van der Waals surface area (Å²) in [5, 5.41) is 3.57. The summed E-state index contributed by atoms with van der Waals surface area (Å²) in [4.78, 5) is 9.23. The highest BCUT2D eigenvalue weighted by Crippen LogP contribution is 2.24. The van der Waals surface area contributed by atoms with Gasteiger partial charge in [-0.25, -0.2) is 9.97 Å². The van der Waals surface area contributed by atoms with E-state index in [9.17, 15) is 0 Å². The molecule has 1 aliphatic carbocycles. The first-order valence-electron chi connectivity index (χ1n) is 7.61. The van der Waals surface area contributed by atoms with Crippen LogP contribution in [0.15, 0.2) is 6.20 Å². The van der Waals surface area contributed by atoms with Gasteiger partial charge in [0.05, 0.1) is 0 Å². The van der Waals surface area contributed by atoms with Crippen molar-refractivity contribution in [3.8, 4) is 0 Å². The maximum absolute atomic E-state index is 4.72. The monoisotopic (exact) mass is 261 g/mol. The molecule has 0 fully saturated rings. The zero-order valence-corrected chi connectivity index (χ0v) is 12.7. The first kappa shape index (κ1) is 14.4. The Bertz CT molecular complexity index is 412. The molecule has 1 aliphatic rings. The predicted octanol–water partition coefficient (Wildman–Crippen LogP) is 2.95. The van der Waals surface area contributed by atoms with Gasteiger partial charge in [0, 0.05) is 17.8 Å². The third-order valence-corrected chi connectivity index (χ3v) is 3.77. The topological polar surface area (TPSA) is 37.8 Å². The standard InChI is InChI=1S/C16H27N3/c1-11(2)8-17-9-13-5-6-15-14(7-13)10-18-16(19-15)12(3)4/h10-13,17H,5-9H2,1-4H3. The summed E-state index contributed by atoms with van der Waals surface area (Å²) in [7, 11) is 0. The fraction of sp³-hybridized carbons (Fsp3) is 0.750. The van der Waals surface area contributed by atoms with Gasteiger partial charge in [0.1, 0.15) is 5.82 Å². The summed E-state index contributed by atoms with van der Waals surface area (Å²) in [6, 6.07) is 0. The summed E-state index contributed by atoms with van der Waals surface area (Å²) < 4.78 is 0. The number of nitrogens with one attached hydrogen (secondary N) is 1. The molecule has 1 N–H and O–H groups in total. The van der Waals surface area contributed by atoms with Crippen molar-refractivity contribution in [2.24, 2.45) is 11.8 Å². The average molecular weight is 261 g/mol. The quantitative estimate of drug-likeness (QED) is 0.885. The number of rotatable bonds is 5. The molecule has 3 nitrogen and oxygen atoms in total. The zero-order chi connectivity index (χ0) is 13.8. The Balaban J connectivity index is 1.93. The lowest BCUT2D eigenvalue weighted by Gasteiger charge is -2.25. The Hall–Kier alpha value is -0.960. The minimum absolute atomic E-state index is 0.427. The van der Waals surface area contributed by atoms with Crippen molar-refractivity contribution in [1.29, 1.82) is 0 Å². The van der Waals surface area contributed by atoms with Crippen LogP contribution in [0.1, 0.15) is 57.1 Å². The summed E-state index contributed by atoms with van der Waals surface area (Å²) in [5.41, 5.74) is 2.66. The number of nitrogens with zero attached hydrogens (tertiary/aromatic N) is 2. The van der Waals surface area contributed by atoms with Gasteiger partial charge < -0.3 is 5.32 Å². The minimum Gasteiger partial charge on any atom is -0.316 e. The number of hydrogen-bond donors (Lipinski definition) is 1. The van der Waals surface area contributed by atoms with Gasteiger partial charge in [0.15, 0.2) is 0 Å². The van der Waals surface area contributed by atoms with Crippen LogP contribution in [0.3, 0.4) is 0 Å². The van der Waals surface area contributed by atoms with Crippen molar-refractivity contribution in [2.75, 3.05) is 13.1 Å². The van der Waals surface area contributed by atoms with Crippen LogP contribution in [-0.2, 0) is 12.8 Å². The summed E-state index contributed by atoms with van der Waals surface area (Å²) in [5.74, 6) is 2.90. The summed E-state index contributed by atoms with van der Waals surface area (Å²) in [6.45, 7) is 11.1. The van der Waals surface area contributed by atoms with Crippen molar-refractivity contribution in [2.45, 2.75) is 52.9 Å². The number of aromatic nitrogens is 2. The van der Waals surface area contributed by atoms with Gasteiger partial charge >= 0.3 is 0 Å². The Morgan fingerprint density at radius 2 is 2.11 bits per heavy atom. The van der Waals surface area contributed by atoms with Gasteiger partial charge in [-0.15, -0.1) is 0 Å². The molecule has 19 heavy (non-hydrogen) atoms. The highest BCUT2D eigenvalue weighted by atomic mass is 14.9. The third kappa shape index (κ3) is 4.00. The maximum atomic E-state index is 4.72. The zero-order valence-electron chi connectivity index (χ0n) is 12.7. The van der Waals surface area contributed by atoms with Gasteiger partial charge in [-0.3, -0.25) is 0 Å². The van der Waals surface area contributed by atoms with Gasteiger partial charge in [-0.05, 0) is 49.8 Å². The Labute approximate surface area is 117 Å². The molecule has 1 unspecified atom stereocenters. The molecule has 0 saturated carbocycles. The number of aryl methyl sites for hydroxylation is 1. The van der Waals surface area contributed by atoms with Crippen LogP contribution in [0.2, 0.25) is 0 Å². The van der Waals surface area contributed by atoms with Crippen LogP contribution in [-0.4, -0.2) is 23.1 Å². The van der Waals surface area contributed by atoms with E-state index in [2.05, 4.69) is 44.2 Å². The van der Waals surface area contributed by atoms with E-state index >= 15 is 0 Å². The first-order chi connectivity index (χ1) is 9.06. The second-order valence-electron chi connectivity index (χ2n) is 6.52. The largest absolute Gasteiger partial charge is 0.316 e. The van der Waals surface area contributed by atoms with Crippen molar-refractivity contribution in [1.82, 2.24) is 15.3 Å². The molecule has 0 aromatic carbocycles. The summed E-state index contributed by atoms with van der Waals surface area (Å²) >= 11 is 0. The van der Waals surface area contributed by atoms with E-state index in [0.29, 0.717) is 5.92 Å². The lowest BCUT2D eigenvalue weighted by atomic mass is 9.87. The van der Waals surface area contributed by atoms with E-state index in [-0.39, 0.29) is 0 Å². The smallest absolute Gasteiger partial charge is 0.131 e. The molecule has 0 radical (unpaired) electrons. The molecule has 1 atom stereocenters. The second kappa shape index (κ2) is 6.47. The highest BCUT2D eigenvalue weighted by molar-refractivity contribution is 5.22. The van der Waals surface area contributed by atoms with Gasteiger partial charge in [0.2, 0.25) is 0 Å². The fourth-order valence-electron chi connectivity index (χ4n) is 2.63. The number of hydrogen-bond acceptors (Lipinski definition) is 3. The van der Waals surface area contributed by atoms with Crippen molar-refractivity contribution < 1.29 is 0 Å². The average Bonchev–Trinajstić information content (AvgIpc) is 2.37. The first-order valence-corrected chi connectivity index (χ1v) is 7.61. The van der Waals surface area contributed by atoms with Crippen LogP contribution in [0.4, 0.5) is 0 Å². The molecular formula is C16H27N3. The minimum atomic E-state index is 0.427. The van der Waals surface area contributed by atoms with Crippen LogP contribution in [0.25, 0.3) is 0 Å². The van der Waals surface area contributed by atoms with Crippen LogP contribution in [0, 0.1) is 11.8 Å². The van der Waals surface area contributed by atoms with Gasteiger partial charge in [0.25, 0.3) is 0 Å². The Morgan fingerprint density at radius 1 is 1.32 bits per heavy atom. The van der Waals surface area contributed by atoms with Crippen LogP contribution >= 0.6 is 0 Å². The van der Waals surface area contributed by atoms with E-state index in [1.54, 1.807) is 0 Å². The lowest BCUT2D eigenvalue weighted by Crippen LogP contribution is -2.30. The molecular weight excluding hydrogens is 234 g/mol. The third-order valence-electron chi connectivity index (χ3n) is 3.77. The van der Waals surface area contributed by atoms with Gasteiger partial charge in [-0.1, -0.05) is 27.7 Å². The SMILES string of the molecule is CC(C)CNCC1CCc2nc(C(C)C)ncc2C1. The van der Waals surface area contributed by atoms with E-state index in [4.69, 9.17) is 4.98 Å². The predicted molar refractivity (Wildman–Crippen MR) is 79.3 cm³/mol. The molecule has 1 aromatic rings. The van der Waals surface area contributed by atoms with Gasteiger partial charge in [-0.2, -0.15) is 0 Å². The van der Waals surface area contributed by atoms with Crippen molar-refractivity contribution in [3.05, 3.63) is 23.3 Å². The molecule has 0 spiro atoms. The van der Waals surface area contributed by atoms with Crippen molar-refractivity contribution in [3.63, 3.8) is 0 Å². The molecule has 0 amide bonds. The van der Waals surface area contributed by atoms with E-state index in [1.807, 2.05) is 0 Å². The second-order valence-corrected chi connectivity index (χ2v) is 6.52. The highest BCUT2D eigenvalue weighted by Gasteiger charge is 2.20. The fourth-order valence-corrected chi connectivity index (χ4v) is 2.63. The molecule has 106 valence electrons. The Morgan fingerprint density at radius 3 is 2.79 bits per heavy atom. The summed E-state index contributed by atoms with van der Waals surface area (Å²) in [6.07, 6.45) is 5.57. The molecule has 1 heterocycles. The molecule has 0 saturated heterocycles. The van der Waals surface area contributed by atoms with E-state index < -0.39 is 0 Å². The van der Waals surface area contributed by atoms with Crippen LogP contribution < -0.4 is 5.32 Å². The molecule has 0 aliphatic heterocycles. The molecule has 3 heteroatoms. The molecule has 1 aromatic heterocycles. The lowest BCUT2D eigenvalue weighted by molar-refractivity contribution is 0.404. The maximum Gasteiger partial charge on any atom is 0.131 e. The normalized spacial score (nSPS) is 18.9. The number of fused-ring (bicyclic) bond motifs is 1. The molecule has 0 bridgehead atoms. The molecule has 2 rings (SSSR count). The van der Waals surface area contributed by atoms with E-state index in [1.165, 1.54) is 17.7 Å². The van der Waals surface area contributed by atoms with Crippen LogP contribution in [0.5, 0.6) is 0 Å².